The maximum absolute atomic E-state index is 2.36. The van der Waals surface area contributed by atoms with Gasteiger partial charge in [0.25, 0.3) is 0 Å². The lowest BCUT2D eigenvalue weighted by Crippen LogP contribution is -2.33. The summed E-state index contributed by atoms with van der Waals surface area (Å²) in [7, 11) is 0. The number of aryl methyl sites for hydroxylation is 2. The van der Waals surface area contributed by atoms with E-state index in [1.807, 2.05) is 0 Å². The Morgan fingerprint density at radius 3 is 0.800 bits per heavy atom. The molecular formula is C38H66N2+2. The molecule has 2 heteroatoms. The monoisotopic (exact) mass is 551 g/mol. The minimum absolute atomic E-state index is 1.14. The van der Waals surface area contributed by atoms with Gasteiger partial charge in [-0.15, -0.1) is 0 Å². The van der Waals surface area contributed by atoms with E-state index in [0.29, 0.717) is 0 Å². The van der Waals surface area contributed by atoms with Gasteiger partial charge in [-0.25, -0.2) is 9.13 Å². The van der Waals surface area contributed by atoms with Crippen LogP contribution in [0.5, 0.6) is 0 Å². The predicted molar refractivity (Wildman–Crippen MR) is 174 cm³/mol. The van der Waals surface area contributed by atoms with Crippen molar-refractivity contribution in [3.8, 4) is 11.1 Å². The molecule has 0 atom stereocenters. The Hall–Kier alpha value is -1.70. The molecule has 2 rings (SSSR count). The third-order valence-electron chi connectivity index (χ3n) is 8.66. The first-order valence-corrected chi connectivity index (χ1v) is 17.8. The van der Waals surface area contributed by atoms with Gasteiger partial charge in [-0.2, -0.15) is 0 Å². The van der Waals surface area contributed by atoms with Gasteiger partial charge in [0, 0.05) is 37.1 Å². The lowest BCUT2D eigenvalue weighted by molar-refractivity contribution is -0.697. The molecule has 0 N–H and O–H groups in total. The van der Waals surface area contributed by atoms with Crippen LogP contribution >= 0.6 is 0 Å². The molecule has 0 bridgehead atoms. The summed E-state index contributed by atoms with van der Waals surface area (Å²) in [6.45, 7) is 6.88. The van der Waals surface area contributed by atoms with Crippen molar-refractivity contribution in [3.05, 3.63) is 49.1 Å². The van der Waals surface area contributed by atoms with Crippen LogP contribution in [0.2, 0.25) is 0 Å². The molecule has 0 unspecified atom stereocenters. The average Bonchev–Trinajstić information content (AvgIpc) is 2.99. The minimum Gasteiger partial charge on any atom is -0.205 e. The number of pyridine rings is 2. The van der Waals surface area contributed by atoms with Gasteiger partial charge in [0.1, 0.15) is 13.1 Å². The zero-order chi connectivity index (χ0) is 28.4. The molecular weight excluding hydrogens is 484 g/mol. The fraction of sp³-hybridized carbons (Fsp3) is 0.737. The highest BCUT2D eigenvalue weighted by Crippen LogP contribution is 2.16. The minimum atomic E-state index is 1.14. The van der Waals surface area contributed by atoms with Gasteiger partial charge in [-0.05, 0) is 24.0 Å². The van der Waals surface area contributed by atoms with Crippen molar-refractivity contribution >= 4 is 0 Å². The molecule has 0 saturated carbocycles. The first-order valence-electron chi connectivity index (χ1n) is 17.8. The lowest BCUT2D eigenvalue weighted by atomic mass is 10.0. The van der Waals surface area contributed by atoms with E-state index in [1.54, 1.807) is 0 Å². The smallest absolute Gasteiger partial charge is 0.169 e. The molecule has 0 saturated heterocycles. The Morgan fingerprint density at radius 1 is 0.325 bits per heavy atom. The van der Waals surface area contributed by atoms with E-state index in [2.05, 4.69) is 72.0 Å². The van der Waals surface area contributed by atoms with E-state index in [0.717, 1.165) is 13.1 Å². The first-order chi connectivity index (χ1) is 19.8. The van der Waals surface area contributed by atoms with Gasteiger partial charge in [-0.1, -0.05) is 142 Å². The number of aromatic nitrogens is 2. The molecule has 0 aliphatic rings. The summed E-state index contributed by atoms with van der Waals surface area (Å²) >= 11 is 0. The Labute approximate surface area is 250 Å². The molecule has 0 radical (unpaired) electrons. The van der Waals surface area contributed by atoms with Crippen LogP contribution in [0, 0.1) is 0 Å². The summed E-state index contributed by atoms with van der Waals surface area (Å²) in [5.74, 6) is 0. The summed E-state index contributed by atoms with van der Waals surface area (Å²) in [6.07, 6.45) is 43.0. The molecule has 2 nitrogen and oxygen atoms in total. The second-order valence-electron chi connectivity index (χ2n) is 12.4. The molecule has 0 fully saturated rings. The second-order valence-corrected chi connectivity index (χ2v) is 12.4. The maximum atomic E-state index is 2.36. The zero-order valence-electron chi connectivity index (χ0n) is 26.9. The van der Waals surface area contributed by atoms with Crippen LogP contribution in [0.15, 0.2) is 49.1 Å². The van der Waals surface area contributed by atoms with Crippen LogP contribution < -0.4 is 9.13 Å². The maximum Gasteiger partial charge on any atom is 0.169 e. The van der Waals surface area contributed by atoms with Gasteiger partial charge >= 0.3 is 0 Å². The second kappa shape index (κ2) is 25.0. The zero-order valence-corrected chi connectivity index (χ0v) is 26.9. The van der Waals surface area contributed by atoms with E-state index in [1.165, 1.54) is 165 Å². The van der Waals surface area contributed by atoms with Gasteiger partial charge in [0.05, 0.1) is 0 Å². The molecule has 0 aliphatic heterocycles. The van der Waals surface area contributed by atoms with Gasteiger partial charge < -0.3 is 0 Å². The number of hydrogen-bond donors (Lipinski definition) is 0. The van der Waals surface area contributed by atoms with Crippen molar-refractivity contribution in [2.75, 3.05) is 0 Å². The third-order valence-corrected chi connectivity index (χ3v) is 8.66. The number of rotatable bonds is 27. The topological polar surface area (TPSA) is 7.76 Å². The first kappa shape index (κ1) is 34.5. The lowest BCUT2D eigenvalue weighted by Gasteiger charge is -2.04. The van der Waals surface area contributed by atoms with Gasteiger partial charge in [-0.3, -0.25) is 0 Å². The van der Waals surface area contributed by atoms with Crippen molar-refractivity contribution in [2.45, 2.75) is 181 Å². The molecule has 0 amide bonds. The van der Waals surface area contributed by atoms with Crippen LogP contribution in [0.3, 0.4) is 0 Å². The van der Waals surface area contributed by atoms with Crippen LogP contribution in [0.4, 0.5) is 0 Å². The Balaban J connectivity index is 1.47. The van der Waals surface area contributed by atoms with Gasteiger partial charge in [0.15, 0.2) is 24.8 Å². The standard InChI is InChI=1S/C38H66N2/c1-3-5-7-9-11-13-15-16-17-18-20-22-24-26-32-40-35-29-38(30-36-40)37-27-33-39(34-28-37)31-25-23-21-19-14-12-10-8-6-4-2/h27-30,33-36H,3-26,31-32H2,1-2H3/q+2. The van der Waals surface area contributed by atoms with Crippen LogP contribution in [0.1, 0.15) is 168 Å². The average molecular weight is 551 g/mol. The number of unbranched alkanes of at least 4 members (excludes halogenated alkanes) is 22. The third kappa shape index (κ3) is 17.9. The highest BCUT2D eigenvalue weighted by molar-refractivity contribution is 5.60. The Morgan fingerprint density at radius 2 is 0.550 bits per heavy atom. The molecule has 226 valence electrons. The van der Waals surface area contributed by atoms with Crippen molar-refractivity contribution in [1.29, 1.82) is 0 Å². The van der Waals surface area contributed by atoms with Crippen LogP contribution in [-0.4, -0.2) is 0 Å². The fourth-order valence-corrected chi connectivity index (χ4v) is 5.87. The molecule has 40 heavy (non-hydrogen) atoms. The van der Waals surface area contributed by atoms with E-state index >= 15 is 0 Å². The summed E-state index contributed by atoms with van der Waals surface area (Å²) in [5.41, 5.74) is 2.64. The summed E-state index contributed by atoms with van der Waals surface area (Å²) in [6, 6.07) is 9.13. The highest BCUT2D eigenvalue weighted by atomic mass is 14.9. The summed E-state index contributed by atoms with van der Waals surface area (Å²) in [5, 5.41) is 0. The van der Waals surface area contributed by atoms with Crippen molar-refractivity contribution in [3.63, 3.8) is 0 Å². The Bertz CT molecular complexity index is 795. The largest absolute Gasteiger partial charge is 0.205 e. The molecule has 2 heterocycles. The van der Waals surface area contributed by atoms with Crippen molar-refractivity contribution < 1.29 is 9.13 Å². The van der Waals surface area contributed by atoms with Crippen LogP contribution in [0.25, 0.3) is 11.1 Å². The number of nitrogens with zero attached hydrogens (tertiary/aromatic N) is 2. The molecule has 2 aromatic heterocycles. The van der Waals surface area contributed by atoms with Crippen molar-refractivity contribution in [1.82, 2.24) is 0 Å². The Kier molecular flexibility index (Phi) is 21.6. The molecule has 0 aromatic carbocycles. The van der Waals surface area contributed by atoms with Crippen molar-refractivity contribution in [2.24, 2.45) is 0 Å². The van der Waals surface area contributed by atoms with E-state index < -0.39 is 0 Å². The van der Waals surface area contributed by atoms with Crippen LogP contribution in [-0.2, 0) is 13.1 Å². The van der Waals surface area contributed by atoms with E-state index in [-0.39, 0.29) is 0 Å². The summed E-state index contributed by atoms with van der Waals surface area (Å²) < 4.78 is 4.71. The number of hydrogen-bond acceptors (Lipinski definition) is 0. The molecule has 0 spiro atoms. The van der Waals surface area contributed by atoms with E-state index in [9.17, 15) is 0 Å². The van der Waals surface area contributed by atoms with E-state index in [4.69, 9.17) is 0 Å². The molecule has 0 aliphatic carbocycles. The molecule has 2 aromatic rings. The normalized spacial score (nSPS) is 11.3. The van der Waals surface area contributed by atoms with Gasteiger partial charge in [0.2, 0.25) is 0 Å². The SMILES string of the molecule is CCCCCCCCCCCCCCCC[n+]1ccc(-c2cc[n+](CCCCCCCCCCCC)cc2)cc1. The predicted octanol–water partition coefficient (Wildman–Crippen LogP) is 11.3. The fourth-order valence-electron chi connectivity index (χ4n) is 5.87. The summed E-state index contributed by atoms with van der Waals surface area (Å²) in [4.78, 5) is 0. The highest BCUT2D eigenvalue weighted by Gasteiger charge is 2.06. The quantitative estimate of drug-likeness (QED) is 0.0772.